The van der Waals surface area contributed by atoms with Gasteiger partial charge in [0, 0.05) is 29.0 Å². The van der Waals surface area contributed by atoms with Crippen LogP contribution in [0.15, 0.2) is 66.7 Å². The first-order chi connectivity index (χ1) is 14.5. The zero-order chi connectivity index (χ0) is 21.1. The van der Waals surface area contributed by atoms with Crippen molar-refractivity contribution in [3.05, 3.63) is 94.5 Å². The van der Waals surface area contributed by atoms with Gasteiger partial charge in [0.1, 0.15) is 0 Å². The van der Waals surface area contributed by atoms with Crippen LogP contribution in [0.4, 0.5) is 11.4 Å². The van der Waals surface area contributed by atoms with Crippen LogP contribution in [0, 0.1) is 13.8 Å². The maximum atomic E-state index is 13.2. The topological polar surface area (TPSA) is 49.4 Å². The van der Waals surface area contributed by atoms with Gasteiger partial charge in [0.25, 0.3) is 11.8 Å². The van der Waals surface area contributed by atoms with Crippen LogP contribution in [0.5, 0.6) is 0 Å². The molecule has 1 aliphatic rings. The molecule has 2 amide bonds. The van der Waals surface area contributed by atoms with Gasteiger partial charge in [0.2, 0.25) is 0 Å². The third kappa shape index (κ3) is 3.99. The summed E-state index contributed by atoms with van der Waals surface area (Å²) in [5.74, 6) is -0.136. The van der Waals surface area contributed by atoms with Crippen molar-refractivity contribution in [2.75, 3.05) is 16.8 Å². The Balaban J connectivity index is 1.53. The highest BCUT2D eigenvalue weighted by atomic mass is 16.2. The number of hydrogen-bond donors (Lipinski definition) is 1. The molecule has 1 aliphatic heterocycles. The first kappa shape index (κ1) is 19.9. The molecule has 0 atom stereocenters. The van der Waals surface area contributed by atoms with Gasteiger partial charge in [-0.05, 0) is 80.1 Å². The summed E-state index contributed by atoms with van der Waals surface area (Å²) in [6, 6.07) is 21.1. The fraction of sp³-hybridized carbons (Fsp3) is 0.231. The number of hydrogen-bond acceptors (Lipinski definition) is 2. The minimum Gasteiger partial charge on any atom is -0.322 e. The molecule has 152 valence electrons. The van der Waals surface area contributed by atoms with Gasteiger partial charge >= 0.3 is 0 Å². The lowest BCUT2D eigenvalue weighted by Crippen LogP contribution is -2.31. The van der Waals surface area contributed by atoms with Gasteiger partial charge in [0.15, 0.2) is 0 Å². The Kier molecular flexibility index (Phi) is 5.66. The van der Waals surface area contributed by atoms with Crippen molar-refractivity contribution >= 4 is 23.2 Å². The summed E-state index contributed by atoms with van der Waals surface area (Å²) in [4.78, 5) is 27.8. The number of benzene rings is 3. The number of rotatable bonds is 3. The molecule has 0 saturated heterocycles. The van der Waals surface area contributed by atoms with Crippen LogP contribution in [0.25, 0.3) is 0 Å². The van der Waals surface area contributed by atoms with E-state index in [4.69, 9.17) is 0 Å². The fourth-order valence-corrected chi connectivity index (χ4v) is 4.12. The van der Waals surface area contributed by atoms with Crippen LogP contribution in [0.3, 0.4) is 0 Å². The highest BCUT2D eigenvalue weighted by Crippen LogP contribution is 2.28. The Bertz CT molecular complexity index is 1070. The fourth-order valence-electron chi connectivity index (χ4n) is 4.12. The van der Waals surface area contributed by atoms with E-state index in [2.05, 4.69) is 11.4 Å². The molecule has 1 heterocycles. The summed E-state index contributed by atoms with van der Waals surface area (Å²) in [5.41, 5.74) is 6.11. The average molecular weight is 399 g/mol. The first-order valence-electron chi connectivity index (χ1n) is 10.4. The standard InChI is InChI=1S/C26H26N2O2/c1-18-8-7-9-19(2)24(18)25(29)27-22-15-13-21(14-16-22)26(30)28-17-6-5-11-20-10-3-4-12-23(20)28/h3-4,7-10,12-16H,5-6,11,17H2,1-2H3,(H,27,29). The normalized spacial score (nSPS) is 13.3. The smallest absolute Gasteiger partial charge is 0.258 e. The zero-order valence-corrected chi connectivity index (χ0v) is 17.4. The highest BCUT2D eigenvalue weighted by molar-refractivity contribution is 6.08. The number of nitrogens with one attached hydrogen (secondary N) is 1. The van der Waals surface area contributed by atoms with Crippen LogP contribution in [0.1, 0.15) is 50.2 Å². The van der Waals surface area contributed by atoms with E-state index in [0.717, 1.165) is 42.6 Å². The Hall–Kier alpha value is -3.40. The molecule has 0 aliphatic carbocycles. The monoisotopic (exact) mass is 398 g/mol. The van der Waals surface area contributed by atoms with Gasteiger partial charge in [-0.15, -0.1) is 0 Å². The van der Waals surface area contributed by atoms with E-state index < -0.39 is 0 Å². The minimum atomic E-state index is -0.133. The second-order valence-corrected chi connectivity index (χ2v) is 7.84. The molecule has 3 aromatic carbocycles. The van der Waals surface area contributed by atoms with Crippen LogP contribution in [-0.2, 0) is 6.42 Å². The van der Waals surface area contributed by atoms with Crippen LogP contribution < -0.4 is 10.2 Å². The second-order valence-electron chi connectivity index (χ2n) is 7.84. The Labute approximate surface area is 177 Å². The average Bonchev–Trinajstić information content (AvgIpc) is 2.96. The van der Waals surface area contributed by atoms with Crippen molar-refractivity contribution < 1.29 is 9.59 Å². The van der Waals surface area contributed by atoms with E-state index in [1.807, 2.05) is 55.1 Å². The number of para-hydroxylation sites is 1. The highest BCUT2D eigenvalue weighted by Gasteiger charge is 2.22. The SMILES string of the molecule is Cc1cccc(C)c1C(=O)Nc1ccc(C(=O)N2CCCCc3ccccc32)cc1. The first-order valence-corrected chi connectivity index (χ1v) is 10.4. The number of anilines is 2. The third-order valence-corrected chi connectivity index (χ3v) is 5.70. The summed E-state index contributed by atoms with van der Waals surface area (Å²) < 4.78 is 0. The maximum Gasteiger partial charge on any atom is 0.258 e. The summed E-state index contributed by atoms with van der Waals surface area (Å²) in [6.45, 7) is 4.59. The number of nitrogens with zero attached hydrogens (tertiary/aromatic N) is 1. The lowest BCUT2D eigenvalue weighted by Gasteiger charge is -2.23. The molecular weight excluding hydrogens is 372 g/mol. The molecule has 0 spiro atoms. The molecule has 0 bridgehead atoms. The molecule has 0 unspecified atom stereocenters. The van der Waals surface area contributed by atoms with E-state index in [9.17, 15) is 9.59 Å². The van der Waals surface area contributed by atoms with Crippen LogP contribution in [-0.4, -0.2) is 18.4 Å². The molecule has 30 heavy (non-hydrogen) atoms. The predicted octanol–water partition coefficient (Wildman–Crippen LogP) is 5.54. The largest absolute Gasteiger partial charge is 0.322 e. The summed E-state index contributed by atoms with van der Waals surface area (Å²) >= 11 is 0. The third-order valence-electron chi connectivity index (χ3n) is 5.70. The lowest BCUT2D eigenvalue weighted by atomic mass is 10.0. The number of carbonyl (C=O) groups is 2. The summed E-state index contributed by atoms with van der Waals surface area (Å²) in [6.07, 6.45) is 3.08. The van der Waals surface area contributed by atoms with Gasteiger partial charge in [-0.25, -0.2) is 0 Å². The van der Waals surface area contributed by atoms with Gasteiger partial charge < -0.3 is 10.2 Å². The summed E-state index contributed by atoms with van der Waals surface area (Å²) in [5, 5.41) is 2.95. The predicted molar refractivity (Wildman–Crippen MR) is 121 cm³/mol. The van der Waals surface area contributed by atoms with Crippen molar-refractivity contribution in [3.63, 3.8) is 0 Å². The van der Waals surface area contributed by atoms with Gasteiger partial charge in [-0.1, -0.05) is 36.4 Å². The molecular formula is C26H26N2O2. The molecule has 4 rings (SSSR count). The Morgan fingerprint density at radius 1 is 0.833 bits per heavy atom. The van der Waals surface area contributed by atoms with E-state index in [0.29, 0.717) is 16.8 Å². The van der Waals surface area contributed by atoms with Gasteiger partial charge in [-0.2, -0.15) is 0 Å². The molecule has 4 heteroatoms. The zero-order valence-electron chi connectivity index (χ0n) is 17.4. The van der Waals surface area contributed by atoms with Crippen molar-refractivity contribution in [3.8, 4) is 0 Å². The van der Waals surface area contributed by atoms with E-state index in [1.165, 1.54) is 5.56 Å². The van der Waals surface area contributed by atoms with Crippen molar-refractivity contribution in [1.82, 2.24) is 0 Å². The maximum absolute atomic E-state index is 13.2. The Morgan fingerprint density at radius 3 is 2.27 bits per heavy atom. The molecule has 4 nitrogen and oxygen atoms in total. The molecule has 1 N–H and O–H groups in total. The number of carbonyl (C=O) groups excluding carboxylic acids is 2. The quantitative estimate of drug-likeness (QED) is 0.630. The summed E-state index contributed by atoms with van der Waals surface area (Å²) in [7, 11) is 0. The number of fused-ring (bicyclic) bond motifs is 1. The van der Waals surface area contributed by atoms with E-state index in [1.54, 1.807) is 24.3 Å². The molecule has 0 aromatic heterocycles. The molecule has 0 radical (unpaired) electrons. The van der Waals surface area contributed by atoms with Gasteiger partial charge in [-0.3, -0.25) is 9.59 Å². The molecule has 3 aromatic rings. The molecule has 0 fully saturated rings. The minimum absolute atomic E-state index is 0.00280. The van der Waals surface area contributed by atoms with Crippen molar-refractivity contribution in [2.45, 2.75) is 33.1 Å². The number of aryl methyl sites for hydroxylation is 3. The number of amides is 2. The molecule has 0 saturated carbocycles. The van der Waals surface area contributed by atoms with E-state index >= 15 is 0 Å². The van der Waals surface area contributed by atoms with E-state index in [-0.39, 0.29) is 11.8 Å². The van der Waals surface area contributed by atoms with Crippen LogP contribution in [0.2, 0.25) is 0 Å². The van der Waals surface area contributed by atoms with Crippen molar-refractivity contribution in [2.24, 2.45) is 0 Å². The van der Waals surface area contributed by atoms with Gasteiger partial charge in [0.05, 0.1) is 0 Å². The van der Waals surface area contributed by atoms with Crippen molar-refractivity contribution in [1.29, 1.82) is 0 Å². The Morgan fingerprint density at radius 2 is 1.53 bits per heavy atom. The van der Waals surface area contributed by atoms with Crippen LogP contribution >= 0.6 is 0 Å². The second kappa shape index (κ2) is 8.54. The lowest BCUT2D eigenvalue weighted by molar-refractivity contribution is 0.0985.